The number of aromatic amines is 1. The second-order valence-electron chi connectivity index (χ2n) is 4.94. The average Bonchev–Trinajstić information content (AvgIpc) is 2.68. The molecular weight excluding hydrogens is 254 g/mol. The minimum atomic E-state index is -1.07. The Morgan fingerprint density at radius 3 is 2.78 bits per heavy atom. The largest absolute Gasteiger partial charge is 0.544 e. The summed E-state index contributed by atoms with van der Waals surface area (Å²) in [7, 11) is 5.45. The molecule has 1 atom stereocenters. The van der Waals surface area contributed by atoms with Crippen LogP contribution in [0.4, 0.5) is 0 Å². The molecule has 0 saturated heterocycles. The van der Waals surface area contributed by atoms with Crippen LogP contribution in [0, 0.1) is 0 Å². The molecule has 0 bridgehead atoms. The zero-order valence-corrected chi connectivity index (χ0v) is 11.7. The van der Waals surface area contributed by atoms with Crippen LogP contribution in [0.15, 0.2) is 11.4 Å². The molecule has 6 nitrogen and oxygen atoms in total. The number of carboxylic acids is 1. The summed E-state index contributed by atoms with van der Waals surface area (Å²) in [5.74, 6) is -0.506. The van der Waals surface area contributed by atoms with E-state index in [1.807, 2.05) is 21.1 Å². The monoisotopic (exact) mass is 273 g/mol. The summed E-state index contributed by atoms with van der Waals surface area (Å²) in [5.41, 5.74) is 0.762. The van der Waals surface area contributed by atoms with Gasteiger partial charge < -0.3 is 24.5 Å². The van der Waals surface area contributed by atoms with Gasteiger partial charge in [-0.1, -0.05) is 11.8 Å². The number of aromatic nitrogens is 2. The molecule has 1 aromatic heterocycles. The predicted octanol–water partition coefficient (Wildman–Crippen LogP) is -1.14. The molecule has 0 spiro atoms. The third-order valence-corrected chi connectivity index (χ3v) is 3.42. The number of likely N-dealkylation sites (N-methyl/N-ethyl adjacent to an activating group) is 1. The van der Waals surface area contributed by atoms with Crippen molar-refractivity contribution in [3.05, 3.63) is 11.9 Å². The van der Waals surface area contributed by atoms with Crippen LogP contribution in [0.3, 0.4) is 0 Å². The quantitative estimate of drug-likeness (QED) is 0.484. The van der Waals surface area contributed by atoms with E-state index in [0.29, 0.717) is 21.8 Å². The number of quaternary nitrogens is 1. The van der Waals surface area contributed by atoms with E-state index in [1.54, 1.807) is 6.20 Å². The number of carbonyl (C=O) groups is 1. The van der Waals surface area contributed by atoms with Gasteiger partial charge in [0.15, 0.2) is 5.16 Å². The van der Waals surface area contributed by atoms with Gasteiger partial charge in [0.1, 0.15) is 6.04 Å². The van der Waals surface area contributed by atoms with Crippen LogP contribution in [-0.4, -0.2) is 65.1 Å². The van der Waals surface area contributed by atoms with Crippen molar-refractivity contribution < 1.29 is 19.5 Å². The summed E-state index contributed by atoms with van der Waals surface area (Å²) in [6, 6.07) is -0.624. The number of aliphatic hydroxyl groups is 1. The van der Waals surface area contributed by atoms with Gasteiger partial charge in [0.25, 0.3) is 0 Å². The topological polar surface area (TPSA) is 89.0 Å². The highest BCUT2D eigenvalue weighted by molar-refractivity contribution is 7.99. The Bertz CT molecular complexity index is 400. The fourth-order valence-corrected chi connectivity index (χ4v) is 2.15. The lowest BCUT2D eigenvalue weighted by atomic mass is 10.1. The summed E-state index contributed by atoms with van der Waals surface area (Å²) in [4.78, 5) is 18.3. The van der Waals surface area contributed by atoms with Gasteiger partial charge >= 0.3 is 0 Å². The summed E-state index contributed by atoms with van der Waals surface area (Å²) >= 11 is 1.40. The normalized spacial score (nSPS) is 13.6. The molecule has 0 unspecified atom stereocenters. The van der Waals surface area contributed by atoms with Crippen LogP contribution < -0.4 is 5.11 Å². The van der Waals surface area contributed by atoms with Gasteiger partial charge in [0.05, 0.1) is 33.7 Å². The fourth-order valence-electron chi connectivity index (χ4n) is 1.54. The first-order valence-electron chi connectivity index (χ1n) is 5.64. The Morgan fingerprint density at radius 1 is 1.61 bits per heavy atom. The molecule has 0 aliphatic rings. The van der Waals surface area contributed by atoms with Crippen molar-refractivity contribution in [2.75, 3.05) is 33.5 Å². The number of thioether (sulfide) groups is 1. The maximum absolute atomic E-state index is 11.1. The first-order chi connectivity index (χ1) is 8.34. The number of H-pyrrole nitrogens is 1. The van der Waals surface area contributed by atoms with E-state index >= 15 is 0 Å². The van der Waals surface area contributed by atoms with E-state index in [1.165, 1.54) is 11.8 Å². The van der Waals surface area contributed by atoms with Crippen molar-refractivity contribution in [3.63, 3.8) is 0 Å². The van der Waals surface area contributed by atoms with E-state index in [9.17, 15) is 9.90 Å². The Labute approximate surface area is 111 Å². The van der Waals surface area contributed by atoms with Crippen molar-refractivity contribution in [2.24, 2.45) is 0 Å². The number of rotatable bonds is 7. The zero-order chi connectivity index (χ0) is 13.8. The molecule has 7 heteroatoms. The number of carboxylic acid groups (broad SMARTS) is 1. The molecule has 2 N–H and O–H groups in total. The van der Waals surface area contributed by atoms with E-state index < -0.39 is 12.0 Å². The highest BCUT2D eigenvalue weighted by atomic mass is 32.2. The minimum Gasteiger partial charge on any atom is -0.544 e. The Hall–Kier alpha value is -1.05. The van der Waals surface area contributed by atoms with E-state index in [4.69, 9.17) is 5.11 Å². The molecule has 0 aliphatic heterocycles. The van der Waals surface area contributed by atoms with Crippen LogP contribution in [-0.2, 0) is 11.2 Å². The molecule has 1 aromatic rings. The lowest BCUT2D eigenvalue weighted by molar-refractivity contribution is -0.889. The number of carbonyl (C=O) groups excluding carboxylic acids is 1. The second kappa shape index (κ2) is 6.21. The van der Waals surface area contributed by atoms with E-state index in [2.05, 4.69) is 9.97 Å². The Balaban J connectivity index is 2.70. The highest BCUT2D eigenvalue weighted by Crippen LogP contribution is 2.15. The van der Waals surface area contributed by atoms with Gasteiger partial charge in [-0.25, -0.2) is 4.98 Å². The number of imidazole rings is 1. The van der Waals surface area contributed by atoms with Crippen LogP contribution in [0.25, 0.3) is 0 Å². The van der Waals surface area contributed by atoms with Gasteiger partial charge in [-0.3, -0.25) is 0 Å². The minimum absolute atomic E-state index is 0.0846. The van der Waals surface area contributed by atoms with Crippen molar-refractivity contribution >= 4 is 17.7 Å². The molecular formula is C11H19N3O3S. The number of nitrogens with one attached hydrogen (secondary N) is 1. The fraction of sp³-hybridized carbons (Fsp3) is 0.636. The van der Waals surface area contributed by atoms with Crippen molar-refractivity contribution in [2.45, 2.75) is 17.6 Å². The summed E-state index contributed by atoms with van der Waals surface area (Å²) in [6.45, 7) is 0.0846. The average molecular weight is 273 g/mol. The highest BCUT2D eigenvalue weighted by Gasteiger charge is 2.26. The second-order valence-corrected chi connectivity index (χ2v) is 6.02. The van der Waals surface area contributed by atoms with Gasteiger partial charge in [-0.05, 0) is 0 Å². The summed E-state index contributed by atoms with van der Waals surface area (Å²) < 4.78 is 0.292. The molecule has 0 aromatic carbocycles. The van der Waals surface area contributed by atoms with Gasteiger partial charge in [0.2, 0.25) is 0 Å². The molecule has 0 fully saturated rings. The van der Waals surface area contributed by atoms with Crippen LogP contribution >= 0.6 is 11.8 Å². The number of nitrogens with zero attached hydrogens (tertiary/aromatic N) is 2. The van der Waals surface area contributed by atoms with Crippen molar-refractivity contribution in [1.29, 1.82) is 0 Å². The summed E-state index contributed by atoms with van der Waals surface area (Å²) in [5, 5.41) is 20.5. The van der Waals surface area contributed by atoms with Gasteiger partial charge in [0, 0.05) is 24.1 Å². The predicted molar refractivity (Wildman–Crippen MR) is 66.9 cm³/mol. The first kappa shape index (κ1) is 15.0. The van der Waals surface area contributed by atoms with Gasteiger partial charge in [-0.2, -0.15) is 0 Å². The number of hydrogen-bond donors (Lipinski definition) is 2. The number of hydrogen-bond acceptors (Lipinski definition) is 5. The molecule has 102 valence electrons. The van der Waals surface area contributed by atoms with Crippen LogP contribution in [0.1, 0.15) is 5.69 Å². The zero-order valence-electron chi connectivity index (χ0n) is 10.8. The third kappa shape index (κ3) is 4.32. The Morgan fingerprint density at radius 2 is 2.28 bits per heavy atom. The van der Waals surface area contributed by atoms with Crippen LogP contribution in [0.2, 0.25) is 0 Å². The van der Waals surface area contributed by atoms with Gasteiger partial charge in [-0.15, -0.1) is 0 Å². The standard InChI is InChI=1S/C11H19N3O3S/c1-14(2,3)9(10(16)17)6-8-7-12-11(13-8)18-5-4-15/h7,9,15H,4-6H2,1-3H3,(H-,12,13,16,17)/t9-/m0/s1. The van der Waals surface area contributed by atoms with Crippen molar-refractivity contribution in [1.82, 2.24) is 9.97 Å². The maximum atomic E-state index is 11.1. The molecule has 0 saturated carbocycles. The Kier molecular flexibility index (Phi) is 5.18. The summed E-state index contributed by atoms with van der Waals surface area (Å²) in [6.07, 6.45) is 1.98. The lowest BCUT2D eigenvalue weighted by Gasteiger charge is -2.34. The third-order valence-electron chi connectivity index (χ3n) is 2.56. The van der Waals surface area contributed by atoms with Crippen LogP contribution in [0.5, 0.6) is 0 Å². The maximum Gasteiger partial charge on any atom is 0.165 e. The number of aliphatic carboxylic acids is 1. The molecule has 0 aliphatic carbocycles. The SMILES string of the molecule is C[N+](C)(C)[C@@H](Cc1cnc(SCCO)[nH]1)C(=O)[O-]. The first-order valence-corrected chi connectivity index (χ1v) is 6.62. The molecule has 1 rings (SSSR count). The molecule has 0 radical (unpaired) electrons. The van der Waals surface area contributed by atoms with Crippen molar-refractivity contribution in [3.8, 4) is 0 Å². The van der Waals surface area contributed by atoms with E-state index in [-0.39, 0.29) is 6.61 Å². The molecule has 0 amide bonds. The lowest BCUT2D eigenvalue weighted by Crippen LogP contribution is -2.55. The van der Waals surface area contributed by atoms with E-state index in [0.717, 1.165) is 5.69 Å². The smallest absolute Gasteiger partial charge is 0.165 e. The molecule has 1 heterocycles. The molecule has 18 heavy (non-hydrogen) atoms. The number of aliphatic hydroxyl groups excluding tert-OH is 1.